The van der Waals surface area contributed by atoms with E-state index >= 15 is 0 Å². The zero-order chi connectivity index (χ0) is 28.6. The molecule has 2 aromatic heterocycles. The number of para-hydroxylation sites is 1. The molecule has 0 aliphatic heterocycles. The first kappa shape index (κ1) is 28.7. The van der Waals surface area contributed by atoms with Gasteiger partial charge < -0.3 is 35.9 Å². The maximum atomic E-state index is 12.2. The lowest BCUT2D eigenvalue weighted by Crippen LogP contribution is -2.32. The van der Waals surface area contributed by atoms with E-state index in [1.54, 1.807) is 55.5 Å². The summed E-state index contributed by atoms with van der Waals surface area (Å²) in [7, 11) is 0. The summed E-state index contributed by atoms with van der Waals surface area (Å²) in [5, 5.41) is 31.4. The second-order valence-electron chi connectivity index (χ2n) is 8.49. The van der Waals surface area contributed by atoms with Crippen LogP contribution in [-0.2, 0) is 11.3 Å². The number of carboxylic acid groups (broad SMARTS) is 1. The van der Waals surface area contributed by atoms with E-state index in [9.17, 15) is 14.7 Å². The summed E-state index contributed by atoms with van der Waals surface area (Å²) < 4.78 is 5.99. The third-order valence-corrected chi connectivity index (χ3v) is 6.14. The summed E-state index contributed by atoms with van der Waals surface area (Å²) in [6, 6.07) is 15.0. The number of nitrogens with one attached hydrogen (secondary N) is 4. The molecule has 0 fully saturated rings. The SMILES string of the molecule is Cc1nc(NCC(=O)NCCO)c(NCc2ccc(-c3cc(Cl)ccc3Cl)o2)c(Nc2ccccc2C(=O)O)n1. The second kappa shape index (κ2) is 13.2. The molecule has 0 aliphatic rings. The predicted molar refractivity (Wildman–Crippen MR) is 154 cm³/mol. The minimum atomic E-state index is -1.11. The average molecular weight is 585 g/mol. The lowest BCUT2D eigenvalue weighted by Gasteiger charge is -2.18. The normalized spacial score (nSPS) is 10.7. The van der Waals surface area contributed by atoms with Gasteiger partial charge in [-0.1, -0.05) is 35.3 Å². The Morgan fingerprint density at radius 3 is 2.55 bits per heavy atom. The number of aliphatic hydroxyl groups excluding tert-OH is 1. The summed E-state index contributed by atoms with van der Waals surface area (Å²) in [5.41, 5.74) is 1.39. The highest BCUT2D eigenvalue weighted by Crippen LogP contribution is 2.34. The third kappa shape index (κ3) is 7.20. The zero-order valence-electron chi connectivity index (χ0n) is 21.3. The molecule has 6 N–H and O–H groups in total. The van der Waals surface area contributed by atoms with E-state index < -0.39 is 5.97 Å². The summed E-state index contributed by atoms with van der Waals surface area (Å²) >= 11 is 12.4. The molecule has 1 amide bonds. The van der Waals surface area contributed by atoms with E-state index in [1.807, 2.05) is 0 Å². The highest BCUT2D eigenvalue weighted by molar-refractivity contribution is 6.35. The third-order valence-electron chi connectivity index (χ3n) is 5.58. The van der Waals surface area contributed by atoms with Crippen LogP contribution in [0.15, 0.2) is 59.0 Å². The maximum absolute atomic E-state index is 12.2. The van der Waals surface area contributed by atoms with Crippen LogP contribution in [0.25, 0.3) is 11.3 Å². The van der Waals surface area contributed by atoms with Crippen LogP contribution in [0.1, 0.15) is 21.9 Å². The minimum absolute atomic E-state index is 0.0525. The van der Waals surface area contributed by atoms with Crippen molar-refractivity contribution in [3.63, 3.8) is 0 Å². The average Bonchev–Trinajstić information content (AvgIpc) is 3.40. The number of amides is 1. The fourth-order valence-electron chi connectivity index (χ4n) is 3.77. The summed E-state index contributed by atoms with van der Waals surface area (Å²) in [6.45, 7) is 1.65. The number of hydrogen-bond acceptors (Lipinski definition) is 9. The number of carbonyl (C=O) groups excluding carboxylic acids is 1. The smallest absolute Gasteiger partial charge is 0.337 e. The van der Waals surface area contributed by atoms with Crippen LogP contribution in [-0.4, -0.2) is 51.8 Å². The Morgan fingerprint density at radius 1 is 1.00 bits per heavy atom. The minimum Gasteiger partial charge on any atom is -0.478 e. The first-order chi connectivity index (χ1) is 19.2. The van der Waals surface area contributed by atoms with Gasteiger partial charge in [-0.15, -0.1) is 0 Å². The van der Waals surface area contributed by atoms with Crippen LogP contribution >= 0.6 is 23.2 Å². The van der Waals surface area contributed by atoms with E-state index in [1.165, 1.54) is 6.07 Å². The van der Waals surface area contributed by atoms with Crippen molar-refractivity contribution in [1.29, 1.82) is 0 Å². The summed E-state index contributed by atoms with van der Waals surface area (Å²) in [4.78, 5) is 32.9. The Bertz CT molecular complexity index is 1530. The Balaban J connectivity index is 1.64. The predicted octanol–water partition coefficient (Wildman–Crippen LogP) is 4.93. The molecule has 0 saturated heterocycles. The van der Waals surface area contributed by atoms with Gasteiger partial charge in [0.05, 0.1) is 36.0 Å². The molecule has 13 heteroatoms. The van der Waals surface area contributed by atoms with Gasteiger partial charge in [-0.05, 0) is 49.4 Å². The number of hydrogen-bond donors (Lipinski definition) is 6. The van der Waals surface area contributed by atoms with Crippen LogP contribution < -0.4 is 21.3 Å². The van der Waals surface area contributed by atoms with Crippen LogP contribution in [0.5, 0.6) is 0 Å². The van der Waals surface area contributed by atoms with E-state index in [0.29, 0.717) is 50.1 Å². The Kier molecular flexibility index (Phi) is 9.43. The molecule has 0 atom stereocenters. The van der Waals surface area contributed by atoms with Crippen LogP contribution in [0.3, 0.4) is 0 Å². The Hall–Kier alpha value is -4.32. The van der Waals surface area contributed by atoms with Crippen molar-refractivity contribution in [2.75, 3.05) is 35.6 Å². The zero-order valence-corrected chi connectivity index (χ0v) is 22.8. The standard InChI is InChI=1S/C27H26Cl2N6O5/c1-15-33-25(32-14-23(37)30-10-11-36)24(26(34-15)35-21-5-3-2-4-18(21)27(38)39)31-13-17-7-9-22(40-17)19-12-16(28)6-8-20(19)29/h2-9,12,31,36H,10-11,13-14H2,1H3,(H,30,37)(H,38,39)(H2,32,33,34,35). The topological polar surface area (TPSA) is 162 Å². The van der Waals surface area contributed by atoms with Gasteiger partial charge in [0.25, 0.3) is 0 Å². The molecule has 11 nitrogen and oxygen atoms in total. The van der Waals surface area contributed by atoms with Gasteiger partial charge in [-0.3, -0.25) is 4.79 Å². The van der Waals surface area contributed by atoms with Crippen LogP contribution in [0, 0.1) is 6.92 Å². The molecule has 40 heavy (non-hydrogen) atoms. The molecule has 2 heterocycles. The number of aromatic carboxylic acids is 1. The van der Waals surface area contributed by atoms with E-state index in [0.717, 1.165) is 0 Å². The quantitative estimate of drug-likeness (QED) is 0.135. The Labute approximate surface area is 239 Å². The van der Waals surface area contributed by atoms with Gasteiger partial charge in [0.15, 0.2) is 11.6 Å². The lowest BCUT2D eigenvalue weighted by atomic mass is 10.2. The van der Waals surface area contributed by atoms with Gasteiger partial charge in [-0.25, -0.2) is 14.8 Å². The van der Waals surface area contributed by atoms with Gasteiger partial charge in [0.1, 0.15) is 23.0 Å². The molecular formula is C27H26Cl2N6O5. The van der Waals surface area contributed by atoms with Gasteiger partial charge in [0.2, 0.25) is 5.91 Å². The first-order valence-electron chi connectivity index (χ1n) is 12.1. The Morgan fingerprint density at radius 2 is 1.77 bits per heavy atom. The number of anilines is 4. The molecule has 0 spiro atoms. The maximum Gasteiger partial charge on any atom is 0.337 e. The molecule has 208 valence electrons. The molecule has 2 aromatic carbocycles. The summed E-state index contributed by atoms with van der Waals surface area (Å²) in [6.07, 6.45) is 0. The van der Waals surface area contributed by atoms with Crippen molar-refractivity contribution in [3.8, 4) is 11.3 Å². The molecular weight excluding hydrogens is 559 g/mol. The number of rotatable bonds is 12. The number of aliphatic hydroxyl groups is 1. The number of carbonyl (C=O) groups is 2. The molecule has 4 aromatic rings. The molecule has 0 saturated carbocycles. The van der Waals surface area contributed by atoms with E-state index in [-0.39, 0.29) is 43.5 Å². The second-order valence-corrected chi connectivity index (χ2v) is 9.33. The first-order valence-corrected chi connectivity index (χ1v) is 12.9. The highest BCUT2D eigenvalue weighted by Gasteiger charge is 2.18. The van der Waals surface area contributed by atoms with Crippen LogP contribution in [0.4, 0.5) is 23.0 Å². The van der Waals surface area contributed by atoms with Crippen LogP contribution in [0.2, 0.25) is 10.0 Å². The fourth-order valence-corrected chi connectivity index (χ4v) is 4.15. The van der Waals surface area contributed by atoms with Crippen molar-refractivity contribution in [2.24, 2.45) is 0 Å². The van der Waals surface area contributed by atoms with Crippen molar-refractivity contribution in [3.05, 3.63) is 81.8 Å². The number of halogens is 2. The molecule has 0 unspecified atom stereocenters. The number of aromatic nitrogens is 2. The van der Waals surface area contributed by atoms with E-state index in [2.05, 4.69) is 31.2 Å². The molecule has 0 aliphatic carbocycles. The highest BCUT2D eigenvalue weighted by atomic mass is 35.5. The van der Waals surface area contributed by atoms with E-state index in [4.69, 9.17) is 32.7 Å². The van der Waals surface area contributed by atoms with Crippen molar-refractivity contribution in [1.82, 2.24) is 15.3 Å². The molecule has 0 bridgehead atoms. The van der Waals surface area contributed by atoms with Crippen molar-refractivity contribution >= 4 is 58.1 Å². The number of furan rings is 1. The molecule has 0 radical (unpaired) electrons. The summed E-state index contributed by atoms with van der Waals surface area (Å²) in [5.74, 6) is 0.569. The fraction of sp³-hybridized carbons (Fsp3) is 0.185. The number of aryl methyl sites for hydroxylation is 1. The number of nitrogens with zero attached hydrogens (tertiary/aromatic N) is 2. The van der Waals surface area contributed by atoms with Gasteiger partial charge >= 0.3 is 5.97 Å². The number of benzene rings is 2. The lowest BCUT2D eigenvalue weighted by molar-refractivity contribution is -0.119. The van der Waals surface area contributed by atoms with Gasteiger partial charge in [-0.2, -0.15) is 0 Å². The monoisotopic (exact) mass is 584 g/mol. The number of carboxylic acids is 1. The van der Waals surface area contributed by atoms with Gasteiger partial charge in [0, 0.05) is 17.1 Å². The largest absolute Gasteiger partial charge is 0.478 e. The van der Waals surface area contributed by atoms with Crippen molar-refractivity contribution in [2.45, 2.75) is 13.5 Å². The van der Waals surface area contributed by atoms with Crippen molar-refractivity contribution < 1.29 is 24.2 Å². The molecule has 4 rings (SSSR count).